The van der Waals surface area contributed by atoms with Crippen LogP contribution in [0.3, 0.4) is 0 Å². The fraction of sp³-hybridized carbons (Fsp3) is 0.161. The number of nitrogens with one attached hydrogen (secondary N) is 1. The first-order valence-electron chi connectivity index (χ1n) is 24.4. The van der Waals surface area contributed by atoms with Gasteiger partial charge in [0.25, 0.3) is 0 Å². The summed E-state index contributed by atoms with van der Waals surface area (Å²) < 4.78 is 16.1. The molecule has 0 spiro atoms. The van der Waals surface area contributed by atoms with Crippen LogP contribution in [0.1, 0.15) is 59.0 Å². The van der Waals surface area contributed by atoms with Crippen LogP contribution >= 0.6 is 34.3 Å². The van der Waals surface area contributed by atoms with Gasteiger partial charge in [-0.05, 0) is 90.7 Å². The van der Waals surface area contributed by atoms with Crippen molar-refractivity contribution in [1.82, 2.24) is 10.2 Å². The fourth-order valence-electron chi connectivity index (χ4n) is 8.75. The molecule has 8 aromatic rings. The Balaban J connectivity index is 0.000000173. The van der Waals surface area contributed by atoms with Gasteiger partial charge in [0, 0.05) is 29.8 Å². The van der Waals surface area contributed by atoms with E-state index in [1.807, 2.05) is 175 Å². The van der Waals surface area contributed by atoms with Crippen molar-refractivity contribution < 1.29 is 30.0 Å². The Bertz CT molecular complexity index is 3040. The Hall–Kier alpha value is -7.47. The van der Waals surface area contributed by atoms with E-state index in [2.05, 4.69) is 47.1 Å². The maximum Gasteiger partial charge on any atom is 0.332 e. The number of nitrogens with zero attached hydrogens (tertiary/aromatic N) is 1. The fourth-order valence-corrected chi connectivity index (χ4v) is 10.9. The first-order valence-corrected chi connectivity index (χ1v) is 25.9. The second-order valence-electron chi connectivity index (χ2n) is 16.6. The average Bonchev–Trinajstić information content (AvgIpc) is 4.31. The van der Waals surface area contributed by atoms with Crippen molar-refractivity contribution in [3.63, 3.8) is 0 Å². The zero-order valence-corrected chi connectivity index (χ0v) is 43.2. The Morgan fingerprint density at radius 2 is 0.945 bits per heavy atom. The molecule has 0 aliphatic carbocycles. The van der Waals surface area contributed by atoms with Gasteiger partial charge in [0.05, 0.1) is 26.1 Å². The molecular formula is C62H57ClN2O6S2. The second kappa shape index (κ2) is 26.8. The predicted octanol–water partition coefficient (Wildman–Crippen LogP) is 13.6. The first kappa shape index (κ1) is 51.9. The van der Waals surface area contributed by atoms with Crippen LogP contribution in [0.4, 0.5) is 0 Å². The summed E-state index contributed by atoms with van der Waals surface area (Å²) in [6.07, 6.45) is 3.85. The molecule has 0 saturated heterocycles. The zero-order valence-electron chi connectivity index (χ0n) is 41.8. The molecule has 10 rings (SSSR count). The number of rotatable bonds is 12. The van der Waals surface area contributed by atoms with Crippen molar-refractivity contribution in [1.29, 1.82) is 0 Å². The highest BCUT2D eigenvalue weighted by Crippen LogP contribution is 2.39. The van der Waals surface area contributed by atoms with Gasteiger partial charge in [-0.2, -0.15) is 0 Å². The van der Waals surface area contributed by atoms with Gasteiger partial charge in [-0.15, -0.1) is 22.7 Å². The summed E-state index contributed by atoms with van der Waals surface area (Å²) in [7, 11) is 2.78. The first-order chi connectivity index (χ1) is 36.2. The summed E-state index contributed by atoms with van der Waals surface area (Å²) in [5, 5.41) is 6.95. The van der Waals surface area contributed by atoms with Crippen LogP contribution < -0.4 is 5.32 Å². The molecule has 0 bridgehead atoms. The summed E-state index contributed by atoms with van der Waals surface area (Å²) in [5.41, 5.74) is 10.4. The normalized spacial score (nSPS) is 14.7. The van der Waals surface area contributed by atoms with E-state index >= 15 is 0 Å². The second-order valence-corrected chi connectivity index (χ2v) is 18.8. The molecule has 0 unspecified atom stereocenters. The summed E-state index contributed by atoms with van der Waals surface area (Å²) in [6, 6.07) is 62.1. The van der Waals surface area contributed by atoms with E-state index in [1.54, 1.807) is 34.5 Å². The van der Waals surface area contributed by atoms with Gasteiger partial charge in [0.1, 0.15) is 12.1 Å². The maximum absolute atomic E-state index is 14.1. The number of amides is 1. The number of carbonyl (C=O) groups excluding carboxylic acids is 4. The number of methoxy groups -OCH3 is 2. The number of hydrogen-bond acceptors (Lipinski definition) is 9. The van der Waals surface area contributed by atoms with Crippen molar-refractivity contribution >= 4 is 68.5 Å². The summed E-state index contributed by atoms with van der Waals surface area (Å²) in [5.74, 6) is -1.69. The predicted molar refractivity (Wildman–Crippen MR) is 298 cm³/mol. The van der Waals surface area contributed by atoms with Gasteiger partial charge in [0.15, 0.2) is 0 Å². The van der Waals surface area contributed by atoms with Gasteiger partial charge >= 0.3 is 11.9 Å². The number of hydrogen-bond donors (Lipinski definition) is 1. The van der Waals surface area contributed by atoms with E-state index in [0.717, 1.165) is 49.4 Å². The number of halogens is 1. The molecule has 73 heavy (non-hydrogen) atoms. The molecule has 6 aromatic carbocycles. The molecular weight excluding hydrogens is 968 g/mol. The summed E-state index contributed by atoms with van der Waals surface area (Å²) in [4.78, 5) is 54.0. The van der Waals surface area contributed by atoms with Gasteiger partial charge in [0.2, 0.25) is 11.1 Å². The SMILES string of the molecule is COC(=O)[C@@H]1C=C(c2sccc2-c2ccccc2)CN1.COC(=O)[C@@H]1C=C(c2sccc2-c2ccccc2)CN1C(=O)C(c1ccccc1)c1ccccc1.O=C(Cl)C(c1ccccc1)c1ccccc1.[2H]CC. The third-order valence-electron chi connectivity index (χ3n) is 12.2. The molecule has 0 radical (unpaired) electrons. The minimum atomic E-state index is -0.775. The molecule has 8 nitrogen and oxygen atoms in total. The van der Waals surface area contributed by atoms with Crippen molar-refractivity contribution in [2.24, 2.45) is 0 Å². The lowest BCUT2D eigenvalue weighted by atomic mass is 9.89. The molecule has 11 heteroatoms. The highest BCUT2D eigenvalue weighted by atomic mass is 35.5. The lowest BCUT2D eigenvalue weighted by Crippen LogP contribution is -2.44. The van der Waals surface area contributed by atoms with Gasteiger partial charge in [-0.1, -0.05) is 202 Å². The minimum absolute atomic E-state index is 0.123. The number of benzene rings is 6. The molecule has 1 N–H and O–H groups in total. The van der Waals surface area contributed by atoms with Crippen molar-refractivity contribution in [2.75, 3.05) is 27.3 Å². The molecule has 2 aromatic heterocycles. The Labute approximate surface area is 442 Å². The van der Waals surface area contributed by atoms with Crippen molar-refractivity contribution in [3.8, 4) is 22.3 Å². The zero-order chi connectivity index (χ0) is 52.2. The lowest BCUT2D eigenvalue weighted by molar-refractivity contribution is -0.149. The minimum Gasteiger partial charge on any atom is -0.468 e. The Morgan fingerprint density at radius 3 is 1.34 bits per heavy atom. The third-order valence-corrected chi connectivity index (χ3v) is 14.4. The van der Waals surface area contributed by atoms with E-state index in [9.17, 15) is 19.2 Å². The topological polar surface area (TPSA) is 102 Å². The highest BCUT2D eigenvalue weighted by molar-refractivity contribution is 7.12. The number of esters is 2. The number of carbonyl (C=O) groups is 4. The lowest BCUT2D eigenvalue weighted by Gasteiger charge is -2.28. The Kier molecular flexibility index (Phi) is 19.1. The highest BCUT2D eigenvalue weighted by Gasteiger charge is 2.40. The van der Waals surface area contributed by atoms with Crippen molar-refractivity contribution in [2.45, 2.75) is 37.7 Å². The quantitative estimate of drug-likeness (QED) is 0.0960. The summed E-state index contributed by atoms with van der Waals surface area (Å²) >= 11 is 9.00. The van der Waals surface area contributed by atoms with E-state index in [-0.39, 0.29) is 29.1 Å². The van der Waals surface area contributed by atoms with Gasteiger partial charge in [-0.25, -0.2) is 4.79 Å². The molecule has 2 aliphatic rings. The smallest absolute Gasteiger partial charge is 0.332 e. The van der Waals surface area contributed by atoms with E-state index < -0.39 is 17.9 Å². The molecule has 0 saturated carbocycles. The molecule has 2 aliphatic heterocycles. The van der Waals surface area contributed by atoms with E-state index in [4.69, 9.17) is 22.4 Å². The maximum atomic E-state index is 14.1. The molecule has 370 valence electrons. The van der Waals surface area contributed by atoms with Crippen molar-refractivity contribution in [3.05, 3.63) is 249 Å². The summed E-state index contributed by atoms with van der Waals surface area (Å²) in [6.45, 7) is 3.33. The monoisotopic (exact) mass is 1030 g/mol. The van der Waals surface area contributed by atoms with E-state index in [0.29, 0.717) is 20.0 Å². The largest absolute Gasteiger partial charge is 0.468 e. The van der Waals surface area contributed by atoms with Crippen LogP contribution in [0.2, 0.25) is 0 Å². The number of ether oxygens (including phenoxy) is 2. The van der Waals surface area contributed by atoms with Crippen LogP contribution in [0.5, 0.6) is 0 Å². The van der Waals surface area contributed by atoms with Crippen LogP contribution in [-0.4, -0.2) is 67.4 Å². The number of thiophene rings is 2. The molecule has 4 heterocycles. The average molecular weight is 1030 g/mol. The molecule has 2 atom stereocenters. The molecule has 0 fully saturated rings. The van der Waals surface area contributed by atoms with Gasteiger partial charge < -0.3 is 14.4 Å². The van der Waals surface area contributed by atoms with Gasteiger partial charge in [-0.3, -0.25) is 19.7 Å². The third kappa shape index (κ3) is 13.3. The van der Waals surface area contributed by atoms with Crippen LogP contribution in [0.25, 0.3) is 33.4 Å². The van der Waals surface area contributed by atoms with E-state index in [1.165, 1.54) is 30.2 Å². The van der Waals surface area contributed by atoms with Crippen LogP contribution in [0, 0.1) is 0 Å². The standard InChI is InChI=1S/C30H25NO3S.C16H15NO2S.C14H11ClO.C2H6/c1-34-30(33)26-19-24(28-25(17-18-35-28)21-11-5-2-6-12-21)20-31(26)29(32)27(22-13-7-3-8-14-22)23-15-9-4-10-16-23;1-19-16(18)14-9-12(10-17-14)15-13(7-8-20-15)11-5-3-2-4-6-11;15-14(16)13(11-7-3-1-4-8-11)12-9-5-2-6-10-12;1-2/h2-19,26-27H,20H2,1H3;2-9,14,17H,10H2,1H3;1-10,13H;1-2H3/t26-;14-;;/m00../s1/i;;;1D. The Morgan fingerprint density at radius 1 is 0.562 bits per heavy atom. The molecule has 1 amide bonds. The van der Waals surface area contributed by atoms with Crippen LogP contribution in [0.15, 0.2) is 217 Å². The van der Waals surface area contributed by atoms with Crippen LogP contribution in [-0.2, 0) is 28.7 Å².